The maximum atomic E-state index is 11.7. The van der Waals surface area contributed by atoms with E-state index in [9.17, 15) is 13.0 Å². The van der Waals surface area contributed by atoms with Crippen molar-refractivity contribution in [1.82, 2.24) is 0 Å². The molecule has 0 spiro atoms. The molecule has 3 nitrogen and oxygen atoms in total. The molecule has 0 aliphatic rings. The van der Waals surface area contributed by atoms with Gasteiger partial charge in [0.1, 0.15) is 10.1 Å². The second-order valence-electron chi connectivity index (χ2n) is 12.2. The largest absolute Gasteiger partial charge is 1.00 e. The minimum atomic E-state index is -4.45. The van der Waals surface area contributed by atoms with E-state index in [0.29, 0.717) is 0 Å². The summed E-state index contributed by atoms with van der Waals surface area (Å²) in [6, 6.07) is 9.40. The molecule has 2 rings (SSSR count). The molecule has 2 aromatic rings. The van der Waals surface area contributed by atoms with E-state index in [1.807, 2.05) is 6.07 Å². The van der Waals surface area contributed by atoms with Crippen molar-refractivity contribution in [3.63, 3.8) is 0 Å². The van der Waals surface area contributed by atoms with Crippen LogP contribution in [0.4, 0.5) is 0 Å². The van der Waals surface area contributed by atoms with Crippen molar-refractivity contribution in [2.45, 2.75) is 173 Å². The molecule has 41 heavy (non-hydrogen) atoms. The van der Waals surface area contributed by atoms with Gasteiger partial charge < -0.3 is 4.55 Å². The van der Waals surface area contributed by atoms with Crippen LogP contribution in [-0.4, -0.2) is 13.0 Å². The van der Waals surface area contributed by atoms with Crippen molar-refractivity contribution in [3.8, 4) is 0 Å². The molecule has 0 N–H and O–H groups in total. The fourth-order valence-electron chi connectivity index (χ4n) is 5.96. The number of rotatable bonds is 25. The van der Waals surface area contributed by atoms with Crippen LogP contribution in [0.1, 0.15) is 166 Å². The Morgan fingerprint density at radius 1 is 0.537 bits per heavy atom. The second-order valence-corrected chi connectivity index (χ2v) is 13.5. The van der Waals surface area contributed by atoms with E-state index in [0.717, 1.165) is 30.0 Å². The summed E-state index contributed by atoms with van der Waals surface area (Å²) in [6.45, 7) is 4.54. The summed E-state index contributed by atoms with van der Waals surface area (Å²) in [4.78, 5) is -0.113. The van der Waals surface area contributed by atoms with Gasteiger partial charge in [-0.2, -0.15) is 0 Å². The van der Waals surface area contributed by atoms with Crippen molar-refractivity contribution in [3.05, 3.63) is 41.5 Å². The van der Waals surface area contributed by atoms with Crippen LogP contribution >= 0.6 is 0 Å². The molecule has 0 aliphatic heterocycles. The number of benzene rings is 2. The molecule has 0 saturated heterocycles. The molecule has 0 aromatic heterocycles. The van der Waals surface area contributed by atoms with Crippen molar-refractivity contribution in [1.29, 1.82) is 0 Å². The summed E-state index contributed by atoms with van der Waals surface area (Å²) in [5.41, 5.74) is 2.55. The first-order valence-electron chi connectivity index (χ1n) is 17.0. The van der Waals surface area contributed by atoms with Crippen LogP contribution in [0.3, 0.4) is 0 Å². The molecular formula is C36H59KO3S. The molecule has 0 radical (unpaired) electrons. The molecule has 0 heterocycles. The first kappa shape index (κ1) is 39.3. The minimum absolute atomic E-state index is 0. The molecular weight excluding hydrogens is 552 g/mol. The van der Waals surface area contributed by atoms with Crippen LogP contribution in [0.15, 0.2) is 35.2 Å². The van der Waals surface area contributed by atoms with Crippen LogP contribution in [0.2, 0.25) is 0 Å². The molecule has 0 amide bonds. The third-order valence-electron chi connectivity index (χ3n) is 8.48. The van der Waals surface area contributed by atoms with Crippen molar-refractivity contribution in [2.24, 2.45) is 0 Å². The van der Waals surface area contributed by atoms with Gasteiger partial charge in [0.15, 0.2) is 0 Å². The van der Waals surface area contributed by atoms with Gasteiger partial charge in [0.05, 0.1) is 4.90 Å². The van der Waals surface area contributed by atoms with Gasteiger partial charge in [-0.15, -0.1) is 0 Å². The monoisotopic (exact) mass is 610 g/mol. The number of fused-ring (bicyclic) bond motifs is 1. The Morgan fingerprint density at radius 3 is 1.39 bits per heavy atom. The fourth-order valence-corrected chi connectivity index (χ4v) is 6.46. The molecule has 0 bridgehead atoms. The maximum Gasteiger partial charge on any atom is 1.00 e. The van der Waals surface area contributed by atoms with E-state index < -0.39 is 10.1 Å². The predicted octanol–water partition coefficient (Wildman–Crippen LogP) is 8.45. The Hall–Kier alpha value is 0.246. The van der Waals surface area contributed by atoms with E-state index in [1.54, 1.807) is 6.07 Å². The summed E-state index contributed by atoms with van der Waals surface area (Å²) in [6.07, 6.45) is 31.3. The van der Waals surface area contributed by atoms with Crippen LogP contribution < -0.4 is 51.4 Å². The molecule has 0 aliphatic carbocycles. The second kappa shape index (κ2) is 24.6. The van der Waals surface area contributed by atoms with Crippen LogP contribution in [-0.2, 0) is 23.0 Å². The summed E-state index contributed by atoms with van der Waals surface area (Å²) in [7, 11) is -4.45. The zero-order valence-corrected chi connectivity index (χ0v) is 30.9. The van der Waals surface area contributed by atoms with E-state index in [1.165, 1.54) is 152 Å². The number of aryl methyl sites for hydroxylation is 2. The van der Waals surface area contributed by atoms with Crippen LogP contribution in [0.5, 0.6) is 0 Å². The van der Waals surface area contributed by atoms with E-state index in [4.69, 9.17) is 0 Å². The molecule has 0 atom stereocenters. The summed E-state index contributed by atoms with van der Waals surface area (Å²) < 4.78 is 35.1. The summed E-state index contributed by atoms with van der Waals surface area (Å²) >= 11 is 0. The molecule has 5 heteroatoms. The number of hydrogen-bond donors (Lipinski definition) is 0. The normalized spacial score (nSPS) is 11.7. The quantitative estimate of drug-likeness (QED) is 0.0644. The van der Waals surface area contributed by atoms with E-state index in [2.05, 4.69) is 26.0 Å². The number of hydrogen-bond acceptors (Lipinski definition) is 3. The first-order chi connectivity index (χ1) is 19.5. The molecule has 2 aromatic carbocycles. The summed E-state index contributed by atoms with van der Waals surface area (Å²) in [5.74, 6) is 0. The predicted molar refractivity (Wildman–Crippen MR) is 172 cm³/mol. The van der Waals surface area contributed by atoms with Gasteiger partial charge in [-0.1, -0.05) is 160 Å². The topological polar surface area (TPSA) is 57.2 Å². The smallest absolute Gasteiger partial charge is 0.744 e. The summed E-state index contributed by atoms with van der Waals surface area (Å²) in [5, 5.41) is 2.00. The molecule has 0 fully saturated rings. The Kier molecular flexibility index (Phi) is 23.5. The van der Waals surface area contributed by atoms with Crippen molar-refractivity contribution in [2.75, 3.05) is 0 Å². The Labute approximate surface area is 296 Å². The average Bonchev–Trinajstić information content (AvgIpc) is 2.93. The average molecular weight is 611 g/mol. The maximum absolute atomic E-state index is 11.7. The Bertz CT molecular complexity index is 1030. The third kappa shape index (κ3) is 18.0. The Morgan fingerprint density at radius 2 is 0.951 bits per heavy atom. The third-order valence-corrected chi connectivity index (χ3v) is 9.31. The minimum Gasteiger partial charge on any atom is -0.744 e. The van der Waals surface area contributed by atoms with Gasteiger partial charge in [0.2, 0.25) is 0 Å². The van der Waals surface area contributed by atoms with Crippen LogP contribution in [0, 0.1) is 0 Å². The fraction of sp³-hybridized carbons (Fsp3) is 0.722. The molecule has 228 valence electrons. The standard InChI is InChI=1S/C36H60O3S.K/c1-3-5-7-9-11-13-15-17-19-21-23-25-32-29-33(26-24-22-20-18-16-14-12-10-8-6-4-2)36-31-35(40(37,38)39)28-27-34(36)30-32;/h27-31H,3-26H2,1-2H3,(H,37,38,39);/q;+1/p-1. The number of unbranched alkanes of at least 4 members (excludes halogenated alkanes) is 20. The SMILES string of the molecule is CCCCCCCCCCCCCc1cc(CCCCCCCCCCCCC)c2cc(S(=O)(=O)[O-])ccc2c1.[K+]. The Balaban J connectivity index is 0.00000840. The van der Waals surface area contributed by atoms with E-state index in [-0.39, 0.29) is 56.3 Å². The van der Waals surface area contributed by atoms with Gasteiger partial charge in [-0.05, 0) is 59.7 Å². The van der Waals surface area contributed by atoms with Crippen molar-refractivity contribution >= 4 is 20.9 Å². The van der Waals surface area contributed by atoms with Crippen molar-refractivity contribution < 1.29 is 64.4 Å². The van der Waals surface area contributed by atoms with E-state index >= 15 is 0 Å². The van der Waals surface area contributed by atoms with Gasteiger partial charge in [0, 0.05) is 0 Å². The van der Waals surface area contributed by atoms with Gasteiger partial charge in [-0.3, -0.25) is 0 Å². The molecule has 0 saturated carbocycles. The first-order valence-corrected chi connectivity index (χ1v) is 18.4. The van der Waals surface area contributed by atoms with Gasteiger partial charge in [0.25, 0.3) is 0 Å². The zero-order valence-electron chi connectivity index (χ0n) is 27.0. The van der Waals surface area contributed by atoms with Gasteiger partial charge >= 0.3 is 51.4 Å². The van der Waals surface area contributed by atoms with Crippen LogP contribution in [0.25, 0.3) is 10.8 Å². The van der Waals surface area contributed by atoms with Gasteiger partial charge in [-0.25, -0.2) is 8.42 Å². The molecule has 0 unspecified atom stereocenters. The zero-order chi connectivity index (χ0) is 28.9.